The summed E-state index contributed by atoms with van der Waals surface area (Å²) in [4.78, 5) is 2.19. The van der Waals surface area contributed by atoms with Crippen LogP contribution >= 0.6 is 0 Å². The maximum absolute atomic E-state index is 14.0. The molecule has 1 aromatic rings. The molecule has 3 nitrogen and oxygen atoms in total. The summed E-state index contributed by atoms with van der Waals surface area (Å²) in [5.41, 5.74) is 0.579. The van der Waals surface area contributed by atoms with Gasteiger partial charge >= 0.3 is 0 Å². The smallest absolute Gasteiger partial charge is 0.145 e. The lowest BCUT2D eigenvalue weighted by atomic mass is 10.0. The highest BCUT2D eigenvalue weighted by Gasteiger charge is 2.30. The van der Waals surface area contributed by atoms with Crippen molar-refractivity contribution < 1.29 is 9.13 Å². The van der Waals surface area contributed by atoms with Gasteiger partial charge in [-0.1, -0.05) is 12.1 Å². The molecule has 1 aromatic carbocycles. The van der Waals surface area contributed by atoms with Crippen LogP contribution in [0.25, 0.3) is 0 Å². The molecule has 0 amide bonds. The zero-order valence-corrected chi connectivity index (χ0v) is 10.7. The average molecular weight is 248 g/mol. The molecule has 1 aliphatic rings. The van der Waals surface area contributed by atoms with Crippen molar-refractivity contribution in [1.82, 2.24) is 4.90 Å². The molecule has 0 unspecified atom stereocenters. The third-order valence-electron chi connectivity index (χ3n) is 3.38. The number of rotatable bonds is 2. The fourth-order valence-electron chi connectivity index (χ4n) is 2.18. The van der Waals surface area contributed by atoms with E-state index in [1.807, 2.05) is 6.07 Å². The molecule has 96 valence electrons. The van der Waals surface area contributed by atoms with Crippen LogP contribution < -0.4 is 0 Å². The molecular formula is C14H17FN2O. The molecule has 1 aliphatic heterocycles. The van der Waals surface area contributed by atoms with Crippen molar-refractivity contribution in [3.05, 3.63) is 35.1 Å². The highest BCUT2D eigenvalue weighted by Crippen LogP contribution is 2.23. The van der Waals surface area contributed by atoms with E-state index in [1.54, 1.807) is 12.1 Å². The van der Waals surface area contributed by atoms with Crippen molar-refractivity contribution in [3.63, 3.8) is 0 Å². The Balaban J connectivity index is 2.21. The van der Waals surface area contributed by atoms with E-state index in [0.717, 1.165) is 6.54 Å². The van der Waals surface area contributed by atoms with Crippen molar-refractivity contribution in [3.8, 4) is 6.07 Å². The van der Waals surface area contributed by atoms with E-state index < -0.39 is 5.82 Å². The second-order valence-electron chi connectivity index (χ2n) is 5.18. The van der Waals surface area contributed by atoms with Crippen molar-refractivity contribution in [2.75, 3.05) is 19.8 Å². The molecule has 0 atom stereocenters. The second kappa shape index (κ2) is 5.05. The molecule has 0 N–H and O–H groups in total. The third-order valence-corrected chi connectivity index (χ3v) is 3.38. The van der Waals surface area contributed by atoms with Gasteiger partial charge in [0.2, 0.25) is 0 Å². The number of hydrogen-bond acceptors (Lipinski definition) is 3. The normalized spacial score (nSPS) is 19.4. The summed E-state index contributed by atoms with van der Waals surface area (Å²) in [6.45, 7) is 6.77. The maximum Gasteiger partial charge on any atom is 0.145 e. The van der Waals surface area contributed by atoms with E-state index in [2.05, 4.69) is 18.7 Å². The summed E-state index contributed by atoms with van der Waals surface area (Å²) >= 11 is 0. The summed E-state index contributed by atoms with van der Waals surface area (Å²) in [7, 11) is 0. The molecule has 2 rings (SSSR count). The van der Waals surface area contributed by atoms with Crippen LogP contribution in [0.4, 0.5) is 4.39 Å². The lowest BCUT2D eigenvalue weighted by molar-refractivity contribution is -0.0556. The number of benzene rings is 1. The van der Waals surface area contributed by atoms with Gasteiger partial charge in [-0.05, 0) is 19.9 Å². The Kier molecular flexibility index (Phi) is 3.65. The van der Waals surface area contributed by atoms with Crippen LogP contribution in [0, 0.1) is 17.1 Å². The van der Waals surface area contributed by atoms with E-state index >= 15 is 0 Å². The van der Waals surface area contributed by atoms with Gasteiger partial charge < -0.3 is 4.74 Å². The first-order valence-corrected chi connectivity index (χ1v) is 6.05. The number of nitriles is 1. The van der Waals surface area contributed by atoms with E-state index in [0.29, 0.717) is 25.3 Å². The van der Waals surface area contributed by atoms with Crippen LogP contribution in [0.3, 0.4) is 0 Å². The van der Waals surface area contributed by atoms with E-state index in [4.69, 9.17) is 10.00 Å². The number of ether oxygens (including phenoxy) is 1. The van der Waals surface area contributed by atoms with Crippen LogP contribution in [-0.2, 0) is 11.3 Å². The largest absolute Gasteiger partial charge is 0.378 e. The average Bonchev–Trinajstić information content (AvgIpc) is 2.34. The Morgan fingerprint density at radius 1 is 1.50 bits per heavy atom. The van der Waals surface area contributed by atoms with Gasteiger partial charge in [0, 0.05) is 24.2 Å². The van der Waals surface area contributed by atoms with Gasteiger partial charge in [-0.3, -0.25) is 4.90 Å². The van der Waals surface area contributed by atoms with Crippen LogP contribution in [-0.4, -0.2) is 30.2 Å². The first-order valence-electron chi connectivity index (χ1n) is 6.05. The molecule has 0 bridgehead atoms. The minimum atomic E-state index is -0.401. The fraction of sp³-hybridized carbons (Fsp3) is 0.500. The van der Waals surface area contributed by atoms with Crippen LogP contribution in [0.5, 0.6) is 0 Å². The Hall–Kier alpha value is -1.44. The first kappa shape index (κ1) is 13.0. The van der Waals surface area contributed by atoms with E-state index in [1.165, 1.54) is 6.07 Å². The monoisotopic (exact) mass is 248 g/mol. The molecule has 0 spiro atoms. The van der Waals surface area contributed by atoms with Crippen LogP contribution in [0.2, 0.25) is 0 Å². The molecule has 0 radical (unpaired) electrons. The van der Waals surface area contributed by atoms with Gasteiger partial charge in [0.1, 0.15) is 11.9 Å². The van der Waals surface area contributed by atoms with E-state index in [9.17, 15) is 4.39 Å². The summed E-state index contributed by atoms with van der Waals surface area (Å²) in [6.07, 6.45) is 0. The van der Waals surface area contributed by atoms with Crippen molar-refractivity contribution in [1.29, 1.82) is 5.26 Å². The molecule has 4 heteroatoms. The first-order chi connectivity index (χ1) is 8.54. The predicted molar refractivity (Wildman–Crippen MR) is 66.4 cm³/mol. The SMILES string of the molecule is CC1(C)COCCN1Cc1cccc(C#N)c1F. The van der Waals surface area contributed by atoms with Gasteiger partial charge in [-0.25, -0.2) is 4.39 Å². The molecular weight excluding hydrogens is 231 g/mol. The predicted octanol–water partition coefficient (Wildman–Crippen LogP) is 2.31. The number of nitrogens with zero attached hydrogens (tertiary/aromatic N) is 2. The van der Waals surface area contributed by atoms with Gasteiger partial charge in [0.15, 0.2) is 0 Å². The number of morpholine rings is 1. The number of hydrogen-bond donors (Lipinski definition) is 0. The molecule has 0 aliphatic carbocycles. The number of halogens is 1. The molecule has 0 aromatic heterocycles. The molecule has 1 saturated heterocycles. The second-order valence-corrected chi connectivity index (χ2v) is 5.18. The highest BCUT2D eigenvalue weighted by atomic mass is 19.1. The van der Waals surface area contributed by atoms with Crippen molar-refractivity contribution in [2.45, 2.75) is 25.9 Å². The topological polar surface area (TPSA) is 36.3 Å². The van der Waals surface area contributed by atoms with Gasteiger partial charge in [-0.15, -0.1) is 0 Å². The molecule has 1 fully saturated rings. The minimum absolute atomic E-state index is 0.104. The van der Waals surface area contributed by atoms with Crippen LogP contribution in [0.1, 0.15) is 25.0 Å². The fourth-order valence-corrected chi connectivity index (χ4v) is 2.18. The van der Waals surface area contributed by atoms with Gasteiger partial charge in [0.25, 0.3) is 0 Å². The summed E-state index contributed by atoms with van der Waals surface area (Å²) in [5, 5.41) is 8.83. The zero-order valence-electron chi connectivity index (χ0n) is 10.7. The summed E-state index contributed by atoms with van der Waals surface area (Å²) in [6, 6.07) is 6.84. The Labute approximate surface area is 107 Å². The Morgan fingerprint density at radius 2 is 2.28 bits per heavy atom. The third kappa shape index (κ3) is 2.53. The van der Waals surface area contributed by atoms with Crippen molar-refractivity contribution in [2.24, 2.45) is 0 Å². The van der Waals surface area contributed by atoms with Gasteiger partial charge in [0.05, 0.1) is 18.8 Å². The highest BCUT2D eigenvalue weighted by molar-refractivity contribution is 5.35. The summed E-state index contributed by atoms with van der Waals surface area (Å²) in [5.74, 6) is -0.401. The molecule has 1 heterocycles. The van der Waals surface area contributed by atoms with Gasteiger partial charge in [-0.2, -0.15) is 5.26 Å². The minimum Gasteiger partial charge on any atom is -0.378 e. The van der Waals surface area contributed by atoms with Crippen molar-refractivity contribution >= 4 is 0 Å². The standard InChI is InChI=1S/C14H17FN2O/c1-14(2)10-18-7-6-17(14)9-12-5-3-4-11(8-16)13(12)15/h3-5H,6-7,9-10H2,1-2H3. The molecule has 0 saturated carbocycles. The summed E-state index contributed by atoms with van der Waals surface area (Å²) < 4.78 is 19.4. The molecule has 18 heavy (non-hydrogen) atoms. The Morgan fingerprint density at radius 3 is 2.94 bits per heavy atom. The Bertz CT molecular complexity index is 479. The van der Waals surface area contributed by atoms with E-state index in [-0.39, 0.29) is 11.1 Å². The quantitative estimate of drug-likeness (QED) is 0.805. The lowest BCUT2D eigenvalue weighted by Gasteiger charge is -2.42. The lowest BCUT2D eigenvalue weighted by Crippen LogP contribution is -2.52. The van der Waals surface area contributed by atoms with Crippen LogP contribution in [0.15, 0.2) is 18.2 Å². The maximum atomic E-state index is 14.0. The zero-order chi connectivity index (χ0) is 13.2.